The molecule has 0 bridgehead atoms. The Morgan fingerprint density at radius 2 is 2.04 bits per heavy atom. The molecule has 1 aromatic rings. The van der Waals surface area contributed by atoms with Crippen molar-refractivity contribution in [1.82, 2.24) is 10.2 Å². The number of ether oxygens (including phenoxy) is 1. The normalized spacial score (nSPS) is 15.0. The van der Waals surface area contributed by atoms with Gasteiger partial charge in [-0.05, 0) is 36.5 Å². The molecule has 0 spiro atoms. The Hall–Kier alpha value is -1.75. The van der Waals surface area contributed by atoms with Gasteiger partial charge in [0.25, 0.3) is 0 Å². The largest absolute Gasteiger partial charge is 0.379 e. The van der Waals surface area contributed by atoms with E-state index in [1.54, 1.807) is 12.1 Å². The number of anilines is 1. The highest BCUT2D eigenvalue weighted by Crippen LogP contribution is 2.15. The maximum Gasteiger partial charge on any atom is 0.173 e. The van der Waals surface area contributed by atoms with Crippen molar-refractivity contribution in [3.63, 3.8) is 0 Å². The van der Waals surface area contributed by atoms with Crippen molar-refractivity contribution in [2.24, 2.45) is 0 Å². The van der Waals surface area contributed by atoms with E-state index in [0.29, 0.717) is 18.1 Å². The summed E-state index contributed by atoms with van der Waals surface area (Å²) < 4.78 is 18.4. The monoisotopic (exact) mass is 336 g/mol. The van der Waals surface area contributed by atoms with Crippen molar-refractivity contribution >= 4 is 23.0 Å². The van der Waals surface area contributed by atoms with Gasteiger partial charge in [-0.25, -0.2) is 4.39 Å². The number of hydrogen-bond donors (Lipinski definition) is 1. The van der Waals surface area contributed by atoms with Crippen molar-refractivity contribution in [2.75, 3.05) is 50.8 Å². The number of halogens is 1. The van der Waals surface area contributed by atoms with Crippen LogP contribution in [0.15, 0.2) is 24.3 Å². The summed E-state index contributed by atoms with van der Waals surface area (Å²) >= 11 is 5.44. The molecule has 5 nitrogen and oxygen atoms in total. The molecule has 1 aliphatic rings. The summed E-state index contributed by atoms with van der Waals surface area (Å²) in [4.78, 5) is 4.15. The van der Waals surface area contributed by atoms with Crippen LogP contribution in [0.25, 0.3) is 0 Å². The lowest BCUT2D eigenvalue weighted by atomic mass is 10.2. The van der Waals surface area contributed by atoms with E-state index >= 15 is 0 Å². The number of thiocarbonyl (C=S) groups is 1. The van der Waals surface area contributed by atoms with Gasteiger partial charge in [-0.3, -0.25) is 4.90 Å². The highest BCUT2D eigenvalue weighted by Gasteiger charge is 2.13. The van der Waals surface area contributed by atoms with Crippen molar-refractivity contribution in [2.45, 2.75) is 6.42 Å². The van der Waals surface area contributed by atoms with Gasteiger partial charge in [0.15, 0.2) is 5.11 Å². The smallest absolute Gasteiger partial charge is 0.173 e. The molecule has 7 heteroatoms. The zero-order chi connectivity index (χ0) is 16.5. The van der Waals surface area contributed by atoms with Crippen LogP contribution in [0.4, 0.5) is 10.1 Å². The van der Waals surface area contributed by atoms with Gasteiger partial charge in [-0.15, -0.1) is 0 Å². The zero-order valence-corrected chi connectivity index (χ0v) is 13.8. The molecule has 0 saturated carbocycles. The van der Waals surface area contributed by atoms with Crippen LogP contribution in [0.2, 0.25) is 0 Å². The predicted octanol–water partition coefficient (Wildman–Crippen LogP) is 1.75. The maximum absolute atomic E-state index is 13.1. The third-order valence-corrected chi connectivity index (χ3v) is 4.00. The van der Waals surface area contributed by atoms with Crippen LogP contribution < -0.4 is 10.2 Å². The van der Waals surface area contributed by atoms with E-state index in [0.717, 1.165) is 45.1 Å². The summed E-state index contributed by atoms with van der Waals surface area (Å²) in [6, 6.07) is 8.24. The quantitative estimate of drug-likeness (QED) is 0.799. The highest BCUT2D eigenvalue weighted by atomic mass is 32.1. The second-order valence-corrected chi connectivity index (χ2v) is 5.61. The van der Waals surface area contributed by atoms with E-state index in [1.165, 1.54) is 12.1 Å². The average molecular weight is 336 g/mol. The first-order valence-corrected chi connectivity index (χ1v) is 8.09. The Bertz CT molecular complexity index is 540. The van der Waals surface area contributed by atoms with Crippen molar-refractivity contribution in [1.29, 1.82) is 5.26 Å². The first-order chi connectivity index (χ1) is 11.2. The van der Waals surface area contributed by atoms with E-state index in [1.807, 2.05) is 4.90 Å². The molecule has 2 rings (SSSR count). The van der Waals surface area contributed by atoms with Gasteiger partial charge in [-0.1, -0.05) is 0 Å². The molecule has 0 aliphatic carbocycles. The van der Waals surface area contributed by atoms with Gasteiger partial charge in [0.05, 0.1) is 25.7 Å². The van der Waals surface area contributed by atoms with Crippen LogP contribution in [-0.4, -0.2) is 55.9 Å². The second kappa shape index (κ2) is 9.40. The molecular formula is C16H21FN4OS. The molecule has 1 saturated heterocycles. The van der Waals surface area contributed by atoms with Crippen LogP contribution in [0.5, 0.6) is 0 Å². The van der Waals surface area contributed by atoms with Crippen molar-refractivity contribution < 1.29 is 9.13 Å². The molecule has 0 radical (unpaired) electrons. The van der Waals surface area contributed by atoms with E-state index in [-0.39, 0.29) is 5.82 Å². The minimum Gasteiger partial charge on any atom is -0.379 e. The van der Waals surface area contributed by atoms with E-state index in [2.05, 4.69) is 16.3 Å². The summed E-state index contributed by atoms with van der Waals surface area (Å²) in [7, 11) is 0. The standard InChI is InChI=1S/C16H21FN4OS/c17-14-2-4-15(5-3-14)21(8-1-6-18)16(23)19-7-9-20-10-12-22-13-11-20/h2-5H,1,7-13H2,(H,19,23). The molecule has 1 heterocycles. The lowest BCUT2D eigenvalue weighted by molar-refractivity contribution is 0.0389. The molecule has 0 unspecified atom stereocenters. The Kier molecular flexibility index (Phi) is 7.20. The topological polar surface area (TPSA) is 51.5 Å². The number of rotatable bonds is 6. The molecule has 0 atom stereocenters. The van der Waals surface area contributed by atoms with Crippen molar-refractivity contribution in [3.05, 3.63) is 30.1 Å². The fourth-order valence-electron chi connectivity index (χ4n) is 2.37. The third-order valence-electron chi connectivity index (χ3n) is 3.64. The fourth-order valence-corrected chi connectivity index (χ4v) is 2.67. The Morgan fingerprint density at radius 1 is 1.35 bits per heavy atom. The minimum atomic E-state index is -0.292. The SMILES string of the molecule is N#CCCN(C(=S)NCCN1CCOCC1)c1ccc(F)cc1. The number of benzene rings is 1. The Labute approximate surface area is 141 Å². The number of morpholine rings is 1. The van der Waals surface area contributed by atoms with Gasteiger partial charge in [0.1, 0.15) is 5.82 Å². The van der Waals surface area contributed by atoms with E-state index in [9.17, 15) is 4.39 Å². The van der Waals surface area contributed by atoms with Crippen LogP contribution in [0.1, 0.15) is 6.42 Å². The summed E-state index contributed by atoms with van der Waals surface area (Å²) in [6.07, 6.45) is 0.350. The maximum atomic E-state index is 13.1. The predicted molar refractivity (Wildman–Crippen MR) is 91.8 cm³/mol. The zero-order valence-electron chi connectivity index (χ0n) is 13.0. The lowest BCUT2D eigenvalue weighted by Gasteiger charge is -2.28. The molecule has 1 aromatic carbocycles. The van der Waals surface area contributed by atoms with Gasteiger partial charge < -0.3 is 15.0 Å². The fraction of sp³-hybridized carbons (Fsp3) is 0.500. The first kappa shape index (κ1) is 17.6. The van der Waals surface area contributed by atoms with Crippen LogP contribution in [0, 0.1) is 17.1 Å². The number of hydrogen-bond acceptors (Lipinski definition) is 4. The molecule has 23 heavy (non-hydrogen) atoms. The molecule has 0 aromatic heterocycles. The van der Waals surface area contributed by atoms with Gasteiger partial charge in [0.2, 0.25) is 0 Å². The molecule has 1 fully saturated rings. The first-order valence-electron chi connectivity index (χ1n) is 7.68. The van der Waals surface area contributed by atoms with Crippen LogP contribution in [0.3, 0.4) is 0 Å². The van der Waals surface area contributed by atoms with Gasteiger partial charge in [-0.2, -0.15) is 5.26 Å². The Balaban J connectivity index is 1.88. The van der Waals surface area contributed by atoms with Gasteiger partial charge >= 0.3 is 0 Å². The van der Waals surface area contributed by atoms with Gasteiger partial charge in [0, 0.05) is 38.4 Å². The molecule has 0 amide bonds. The number of nitrogens with one attached hydrogen (secondary N) is 1. The molecule has 1 N–H and O–H groups in total. The highest BCUT2D eigenvalue weighted by molar-refractivity contribution is 7.80. The molecule has 124 valence electrons. The summed E-state index contributed by atoms with van der Waals surface area (Å²) in [6.45, 7) is 5.51. The summed E-state index contributed by atoms with van der Waals surface area (Å²) in [5.41, 5.74) is 0.783. The van der Waals surface area contributed by atoms with Crippen molar-refractivity contribution in [3.8, 4) is 6.07 Å². The molecule has 1 aliphatic heterocycles. The number of nitrogens with zero attached hydrogens (tertiary/aromatic N) is 3. The van der Waals surface area contributed by atoms with Crippen LogP contribution in [-0.2, 0) is 4.74 Å². The second-order valence-electron chi connectivity index (χ2n) is 5.22. The Morgan fingerprint density at radius 3 is 2.70 bits per heavy atom. The van der Waals surface area contributed by atoms with E-state index < -0.39 is 0 Å². The minimum absolute atomic E-state index is 0.292. The van der Waals surface area contributed by atoms with Crippen LogP contribution >= 0.6 is 12.2 Å². The lowest BCUT2D eigenvalue weighted by Crippen LogP contribution is -2.45. The number of nitriles is 1. The van der Waals surface area contributed by atoms with E-state index in [4.69, 9.17) is 22.2 Å². The average Bonchev–Trinajstić information content (AvgIpc) is 2.58. The summed E-state index contributed by atoms with van der Waals surface area (Å²) in [5, 5.41) is 12.6. The molecular weight excluding hydrogens is 315 g/mol. The third kappa shape index (κ3) is 5.75. The summed E-state index contributed by atoms with van der Waals surface area (Å²) in [5.74, 6) is -0.292.